The van der Waals surface area contributed by atoms with Gasteiger partial charge in [-0.15, -0.1) is 0 Å². The summed E-state index contributed by atoms with van der Waals surface area (Å²) in [6.45, 7) is 4.16. The van der Waals surface area contributed by atoms with E-state index in [1.165, 1.54) is 20.8 Å². The van der Waals surface area contributed by atoms with Crippen molar-refractivity contribution in [2.75, 3.05) is 0 Å². The lowest BCUT2D eigenvalue weighted by molar-refractivity contribution is 1.19. The third-order valence-corrected chi connectivity index (χ3v) is 3.15. The van der Waals surface area contributed by atoms with Gasteiger partial charge < -0.3 is 0 Å². The lowest BCUT2D eigenvalue weighted by Gasteiger charge is -2.16. The molecule has 2 heteroatoms. The van der Waals surface area contributed by atoms with Crippen LogP contribution in [0.4, 0.5) is 0 Å². The molecule has 2 radical (unpaired) electrons. The molecule has 1 aliphatic carbocycles. The minimum Gasteiger partial charge on any atom is -0.0614 e. The van der Waals surface area contributed by atoms with E-state index in [2.05, 4.69) is 57.9 Å². The van der Waals surface area contributed by atoms with Gasteiger partial charge in [0.15, 0.2) is 0 Å². The van der Waals surface area contributed by atoms with E-state index in [4.69, 9.17) is 0 Å². The Labute approximate surface area is 78.6 Å². The molecular weight excluding hydrogens is 256 g/mol. The van der Waals surface area contributed by atoms with E-state index in [1.54, 1.807) is 0 Å². The van der Waals surface area contributed by atoms with Crippen molar-refractivity contribution in [1.82, 2.24) is 0 Å². The molecule has 0 atom stereocenters. The average Bonchev–Trinajstić information content (AvgIpc) is 1.84. The maximum Gasteiger partial charge on any atom is 0.0312 e. The van der Waals surface area contributed by atoms with Crippen molar-refractivity contribution in [3.63, 3.8) is 0 Å². The zero-order valence-electron chi connectivity index (χ0n) is 5.91. The molecule has 0 nitrogen and oxygen atoms in total. The highest BCUT2D eigenvalue weighted by molar-refractivity contribution is 9.12. The first kappa shape index (κ1) is 8.54. The van der Waals surface area contributed by atoms with Crippen LogP contribution in [0.1, 0.15) is 13.8 Å². The SMILES string of the molecule is C[C]1C=C(Br)[C](C)C=C1Br. The molecule has 0 aliphatic heterocycles. The van der Waals surface area contributed by atoms with E-state index in [-0.39, 0.29) is 0 Å². The first-order valence-corrected chi connectivity index (χ1v) is 4.62. The predicted molar refractivity (Wildman–Crippen MR) is 51.9 cm³/mol. The van der Waals surface area contributed by atoms with Crippen molar-refractivity contribution >= 4 is 31.9 Å². The lowest BCUT2D eigenvalue weighted by Crippen LogP contribution is -1.99. The summed E-state index contributed by atoms with van der Waals surface area (Å²) >= 11 is 6.92. The summed E-state index contributed by atoms with van der Waals surface area (Å²) in [5.41, 5.74) is 0. The van der Waals surface area contributed by atoms with Crippen molar-refractivity contribution in [2.45, 2.75) is 13.8 Å². The van der Waals surface area contributed by atoms with Gasteiger partial charge in [0.2, 0.25) is 0 Å². The van der Waals surface area contributed by atoms with Gasteiger partial charge in [-0.3, -0.25) is 0 Å². The molecule has 0 saturated heterocycles. The lowest BCUT2D eigenvalue weighted by atomic mass is 9.99. The van der Waals surface area contributed by atoms with Crippen molar-refractivity contribution in [3.8, 4) is 0 Å². The molecule has 0 spiro atoms. The second kappa shape index (κ2) is 3.22. The maximum absolute atomic E-state index is 3.46. The smallest absolute Gasteiger partial charge is 0.0312 e. The van der Waals surface area contributed by atoms with E-state index in [1.807, 2.05) is 0 Å². The van der Waals surface area contributed by atoms with Crippen LogP contribution in [0, 0.1) is 11.8 Å². The molecule has 0 N–H and O–H groups in total. The van der Waals surface area contributed by atoms with Crippen LogP contribution in [0.2, 0.25) is 0 Å². The predicted octanol–water partition coefficient (Wildman–Crippen LogP) is 3.75. The van der Waals surface area contributed by atoms with Gasteiger partial charge in [-0.05, 0) is 0 Å². The minimum atomic E-state index is 1.17. The van der Waals surface area contributed by atoms with Gasteiger partial charge in [-0.1, -0.05) is 57.9 Å². The van der Waals surface area contributed by atoms with Gasteiger partial charge in [-0.25, -0.2) is 0 Å². The summed E-state index contributed by atoms with van der Waals surface area (Å²) in [6, 6.07) is 0. The zero-order valence-corrected chi connectivity index (χ0v) is 9.08. The number of hydrogen-bond acceptors (Lipinski definition) is 0. The molecule has 0 saturated carbocycles. The monoisotopic (exact) mass is 262 g/mol. The largest absolute Gasteiger partial charge is 0.0614 e. The molecule has 0 aromatic carbocycles. The maximum atomic E-state index is 3.46. The van der Waals surface area contributed by atoms with Crippen LogP contribution < -0.4 is 0 Å². The Morgan fingerprint density at radius 3 is 1.50 bits per heavy atom. The van der Waals surface area contributed by atoms with E-state index >= 15 is 0 Å². The third kappa shape index (κ3) is 1.73. The number of hydrogen-bond donors (Lipinski definition) is 0. The second-order valence-corrected chi connectivity index (χ2v) is 4.06. The molecule has 0 fully saturated rings. The molecular formula is C8H8Br2. The van der Waals surface area contributed by atoms with Crippen molar-refractivity contribution in [3.05, 3.63) is 33.0 Å². The van der Waals surface area contributed by atoms with Gasteiger partial charge in [0.05, 0.1) is 0 Å². The summed E-state index contributed by atoms with van der Waals surface area (Å²) in [4.78, 5) is 0. The molecule has 0 aromatic heterocycles. The first-order valence-electron chi connectivity index (χ1n) is 3.03. The summed E-state index contributed by atoms with van der Waals surface area (Å²) in [5.74, 6) is 2.52. The van der Waals surface area contributed by atoms with E-state index in [9.17, 15) is 0 Å². The second-order valence-electron chi connectivity index (χ2n) is 2.35. The van der Waals surface area contributed by atoms with Crippen molar-refractivity contribution in [2.24, 2.45) is 0 Å². The Kier molecular flexibility index (Phi) is 2.75. The summed E-state index contributed by atoms with van der Waals surface area (Å²) < 4.78 is 2.35. The van der Waals surface area contributed by atoms with Crippen molar-refractivity contribution < 1.29 is 0 Å². The van der Waals surface area contributed by atoms with Gasteiger partial charge in [-0.2, -0.15) is 0 Å². The van der Waals surface area contributed by atoms with E-state index in [0.29, 0.717) is 0 Å². The van der Waals surface area contributed by atoms with Crippen LogP contribution in [-0.4, -0.2) is 0 Å². The summed E-state index contributed by atoms with van der Waals surface area (Å²) in [7, 11) is 0. The molecule has 0 aromatic rings. The Hall–Kier alpha value is 0.440. The molecule has 1 rings (SSSR count). The highest BCUT2D eigenvalue weighted by Crippen LogP contribution is 2.35. The third-order valence-electron chi connectivity index (χ3n) is 1.44. The number of rotatable bonds is 0. The van der Waals surface area contributed by atoms with Crippen LogP contribution in [0.3, 0.4) is 0 Å². The zero-order chi connectivity index (χ0) is 7.72. The molecule has 10 heavy (non-hydrogen) atoms. The van der Waals surface area contributed by atoms with E-state index < -0.39 is 0 Å². The summed E-state index contributed by atoms with van der Waals surface area (Å²) in [6.07, 6.45) is 4.22. The highest BCUT2D eigenvalue weighted by Gasteiger charge is 2.15. The molecule has 1 aliphatic rings. The molecule has 0 bridgehead atoms. The van der Waals surface area contributed by atoms with Gasteiger partial charge in [0.25, 0.3) is 0 Å². The highest BCUT2D eigenvalue weighted by atomic mass is 79.9. The van der Waals surface area contributed by atoms with Gasteiger partial charge >= 0.3 is 0 Å². The number of allylic oxidation sites excluding steroid dienone is 4. The topological polar surface area (TPSA) is 0 Å². The standard InChI is InChI=1S/C8H8Br2/c1-5-3-8(10)6(2)4-7(5)9/h3-4H,1-2H3. The fourth-order valence-electron chi connectivity index (χ4n) is 0.746. The Balaban J connectivity index is 2.81. The number of halogens is 2. The first-order chi connectivity index (χ1) is 4.61. The van der Waals surface area contributed by atoms with Crippen LogP contribution in [0.5, 0.6) is 0 Å². The molecule has 54 valence electrons. The van der Waals surface area contributed by atoms with E-state index in [0.717, 1.165) is 0 Å². The van der Waals surface area contributed by atoms with Gasteiger partial charge in [0, 0.05) is 20.8 Å². The average molecular weight is 264 g/mol. The molecule has 0 unspecified atom stereocenters. The van der Waals surface area contributed by atoms with Crippen LogP contribution in [-0.2, 0) is 0 Å². The van der Waals surface area contributed by atoms with Crippen LogP contribution >= 0.6 is 31.9 Å². The summed E-state index contributed by atoms with van der Waals surface area (Å²) in [5, 5.41) is 0. The normalized spacial score (nSPS) is 22.4. The minimum absolute atomic E-state index is 1.17. The Morgan fingerprint density at radius 2 is 1.20 bits per heavy atom. The Morgan fingerprint density at radius 1 is 0.900 bits per heavy atom. The van der Waals surface area contributed by atoms with Crippen LogP contribution in [0.25, 0.3) is 0 Å². The fraction of sp³-hybridized carbons (Fsp3) is 0.250. The molecule has 0 amide bonds. The fourth-order valence-corrected chi connectivity index (χ4v) is 1.66. The van der Waals surface area contributed by atoms with Crippen molar-refractivity contribution in [1.29, 1.82) is 0 Å². The van der Waals surface area contributed by atoms with Gasteiger partial charge in [0.1, 0.15) is 0 Å². The Bertz CT molecular complexity index is 169. The quantitative estimate of drug-likeness (QED) is 0.625. The van der Waals surface area contributed by atoms with Crippen LogP contribution in [0.15, 0.2) is 21.1 Å². The molecule has 0 heterocycles.